The first kappa shape index (κ1) is 20.2. The summed E-state index contributed by atoms with van der Waals surface area (Å²) in [7, 11) is 1.59. The molecule has 1 aromatic carbocycles. The molecule has 0 unspecified atom stereocenters. The summed E-state index contributed by atoms with van der Waals surface area (Å²) in [5.41, 5.74) is 2.00. The fourth-order valence-electron chi connectivity index (χ4n) is 3.31. The molecule has 1 amide bonds. The minimum absolute atomic E-state index is 0.0153. The van der Waals surface area contributed by atoms with Crippen molar-refractivity contribution in [1.82, 2.24) is 19.7 Å². The van der Waals surface area contributed by atoms with Crippen LogP contribution < -0.4 is 0 Å². The maximum atomic E-state index is 14.1. The quantitative estimate of drug-likeness (QED) is 0.436. The van der Waals surface area contributed by atoms with E-state index in [0.717, 1.165) is 10.9 Å². The van der Waals surface area contributed by atoms with Gasteiger partial charge in [-0.15, -0.1) is 11.3 Å². The first-order valence-electron chi connectivity index (χ1n) is 9.46. The van der Waals surface area contributed by atoms with E-state index in [1.807, 2.05) is 31.4 Å². The summed E-state index contributed by atoms with van der Waals surface area (Å²) in [6.45, 7) is 4.01. The first-order chi connectivity index (χ1) is 14.3. The second-order valence-electron chi connectivity index (χ2n) is 7.35. The summed E-state index contributed by atoms with van der Waals surface area (Å²) in [5, 5.41) is 7.00. The molecule has 0 aliphatic rings. The summed E-state index contributed by atoms with van der Waals surface area (Å²) < 4.78 is 29.0. The Bertz CT molecular complexity index is 1220. The molecule has 0 atom stereocenters. The van der Waals surface area contributed by atoms with Crippen LogP contribution >= 0.6 is 11.3 Å². The van der Waals surface area contributed by atoms with Crippen LogP contribution in [0.1, 0.15) is 35.8 Å². The predicted octanol–water partition coefficient (Wildman–Crippen LogP) is 5.29. The smallest absolute Gasteiger partial charge is 0.254 e. The van der Waals surface area contributed by atoms with Gasteiger partial charge in [0.25, 0.3) is 5.91 Å². The zero-order valence-electron chi connectivity index (χ0n) is 16.8. The van der Waals surface area contributed by atoms with Crippen molar-refractivity contribution < 1.29 is 13.6 Å². The molecule has 0 saturated carbocycles. The summed E-state index contributed by atoms with van der Waals surface area (Å²) in [4.78, 5) is 20.4. The summed E-state index contributed by atoms with van der Waals surface area (Å²) >= 11 is 1.53. The van der Waals surface area contributed by atoms with Gasteiger partial charge in [-0.2, -0.15) is 5.10 Å². The van der Waals surface area contributed by atoms with Crippen LogP contribution in [0.15, 0.2) is 48.0 Å². The molecule has 0 N–H and O–H groups in total. The highest BCUT2D eigenvalue weighted by Crippen LogP contribution is 2.29. The van der Waals surface area contributed by atoms with Gasteiger partial charge in [0.15, 0.2) is 5.65 Å². The average molecular weight is 426 g/mol. The molecule has 4 rings (SSSR count). The minimum atomic E-state index is -0.679. The van der Waals surface area contributed by atoms with E-state index in [1.165, 1.54) is 28.4 Å². The highest BCUT2D eigenvalue weighted by atomic mass is 32.1. The van der Waals surface area contributed by atoms with Crippen molar-refractivity contribution in [2.45, 2.75) is 26.4 Å². The van der Waals surface area contributed by atoms with Crippen LogP contribution in [-0.2, 0) is 6.54 Å². The molecule has 0 aliphatic heterocycles. The van der Waals surface area contributed by atoms with Gasteiger partial charge in [-0.25, -0.2) is 18.4 Å². The zero-order valence-corrected chi connectivity index (χ0v) is 17.6. The number of pyridine rings is 1. The Labute approximate surface area is 176 Å². The summed E-state index contributed by atoms with van der Waals surface area (Å²) in [6.07, 6.45) is 1.64. The van der Waals surface area contributed by atoms with Gasteiger partial charge in [0, 0.05) is 31.3 Å². The molecule has 0 spiro atoms. The summed E-state index contributed by atoms with van der Waals surface area (Å²) in [6, 6.07) is 9.05. The van der Waals surface area contributed by atoms with E-state index < -0.39 is 11.6 Å². The fourth-order valence-corrected chi connectivity index (χ4v) is 3.99. The van der Waals surface area contributed by atoms with Crippen LogP contribution in [0, 0.1) is 11.6 Å². The molecule has 0 radical (unpaired) electrons. The van der Waals surface area contributed by atoms with E-state index in [1.54, 1.807) is 24.0 Å². The molecule has 3 aromatic heterocycles. The SMILES string of the molecule is CC(C)n1ncc2c(C(=O)N(C)Cc3ccc(F)cc3F)cc(-c3cccs3)nc21. The highest BCUT2D eigenvalue weighted by Gasteiger charge is 2.22. The largest absolute Gasteiger partial charge is 0.337 e. The number of hydrogen-bond donors (Lipinski definition) is 0. The van der Waals surface area contributed by atoms with Gasteiger partial charge >= 0.3 is 0 Å². The lowest BCUT2D eigenvalue weighted by atomic mass is 10.1. The molecular formula is C22H20F2N4OS. The Kier molecular flexibility index (Phi) is 5.34. The number of carbonyl (C=O) groups is 1. The van der Waals surface area contributed by atoms with Crippen molar-refractivity contribution in [3.8, 4) is 10.6 Å². The van der Waals surface area contributed by atoms with Crippen LogP contribution in [0.5, 0.6) is 0 Å². The summed E-state index contributed by atoms with van der Waals surface area (Å²) in [5.74, 6) is -1.61. The lowest BCUT2D eigenvalue weighted by Crippen LogP contribution is -2.27. The van der Waals surface area contributed by atoms with Gasteiger partial charge in [0.2, 0.25) is 0 Å². The van der Waals surface area contributed by atoms with Crippen molar-refractivity contribution in [3.05, 3.63) is 70.7 Å². The number of nitrogens with zero attached hydrogens (tertiary/aromatic N) is 4. The second-order valence-corrected chi connectivity index (χ2v) is 8.30. The molecule has 0 fully saturated rings. The lowest BCUT2D eigenvalue weighted by molar-refractivity contribution is 0.0785. The Morgan fingerprint density at radius 3 is 2.70 bits per heavy atom. The number of carbonyl (C=O) groups excluding carboxylic acids is 1. The number of rotatable bonds is 5. The van der Waals surface area contributed by atoms with Crippen molar-refractivity contribution in [2.75, 3.05) is 7.05 Å². The normalized spacial score (nSPS) is 11.4. The number of amides is 1. The van der Waals surface area contributed by atoms with E-state index in [0.29, 0.717) is 22.3 Å². The number of halogens is 2. The number of benzene rings is 1. The first-order valence-corrected chi connectivity index (χ1v) is 10.3. The number of thiophene rings is 1. The van der Waals surface area contributed by atoms with Crippen molar-refractivity contribution in [2.24, 2.45) is 0 Å². The molecule has 8 heteroatoms. The molecule has 154 valence electrons. The van der Waals surface area contributed by atoms with E-state index in [4.69, 9.17) is 4.98 Å². The van der Waals surface area contributed by atoms with E-state index in [2.05, 4.69) is 5.10 Å². The lowest BCUT2D eigenvalue weighted by Gasteiger charge is -2.19. The Morgan fingerprint density at radius 2 is 2.03 bits per heavy atom. The number of hydrogen-bond acceptors (Lipinski definition) is 4. The molecule has 4 aromatic rings. The highest BCUT2D eigenvalue weighted by molar-refractivity contribution is 7.13. The number of fused-ring (bicyclic) bond motifs is 1. The fraction of sp³-hybridized carbons (Fsp3) is 0.227. The maximum Gasteiger partial charge on any atom is 0.254 e. The van der Waals surface area contributed by atoms with Crippen LogP contribution in [0.25, 0.3) is 21.6 Å². The molecule has 0 saturated heterocycles. The van der Waals surface area contributed by atoms with Crippen molar-refractivity contribution >= 4 is 28.3 Å². The third kappa shape index (κ3) is 3.70. The van der Waals surface area contributed by atoms with Gasteiger partial charge in [-0.05, 0) is 37.4 Å². The Hall–Kier alpha value is -3.13. The Morgan fingerprint density at radius 1 is 1.23 bits per heavy atom. The van der Waals surface area contributed by atoms with Gasteiger partial charge in [-0.3, -0.25) is 4.79 Å². The van der Waals surface area contributed by atoms with Gasteiger partial charge in [0.05, 0.1) is 27.7 Å². The van der Waals surface area contributed by atoms with Crippen molar-refractivity contribution in [3.63, 3.8) is 0 Å². The van der Waals surface area contributed by atoms with Gasteiger partial charge < -0.3 is 4.90 Å². The second kappa shape index (κ2) is 7.95. The average Bonchev–Trinajstić information content (AvgIpc) is 3.38. The third-order valence-electron chi connectivity index (χ3n) is 4.83. The maximum absolute atomic E-state index is 14.1. The van der Waals surface area contributed by atoms with E-state index in [-0.39, 0.29) is 24.1 Å². The molecule has 3 heterocycles. The van der Waals surface area contributed by atoms with Gasteiger partial charge in [-0.1, -0.05) is 12.1 Å². The molecule has 5 nitrogen and oxygen atoms in total. The number of aromatic nitrogens is 3. The van der Waals surface area contributed by atoms with Crippen LogP contribution in [0.3, 0.4) is 0 Å². The predicted molar refractivity (Wildman–Crippen MR) is 113 cm³/mol. The van der Waals surface area contributed by atoms with Crippen LogP contribution in [-0.4, -0.2) is 32.6 Å². The van der Waals surface area contributed by atoms with Crippen LogP contribution in [0.4, 0.5) is 8.78 Å². The van der Waals surface area contributed by atoms with Crippen molar-refractivity contribution in [1.29, 1.82) is 0 Å². The Balaban J connectivity index is 1.77. The molecular weight excluding hydrogens is 406 g/mol. The molecule has 0 bridgehead atoms. The zero-order chi connectivity index (χ0) is 21.4. The minimum Gasteiger partial charge on any atom is -0.337 e. The topological polar surface area (TPSA) is 51.0 Å². The van der Waals surface area contributed by atoms with E-state index >= 15 is 0 Å². The van der Waals surface area contributed by atoms with E-state index in [9.17, 15) is 13.6 Å². The standard InChI is InChI=1S/C22H20F2N4OS/c1-13(2)28-21-17(11-25-28)16(10-19(26-21)20-5-4-8-30-20)22(29)27(3)12-14-6-7-15(23)9-18(14)24/h4-11,13H,12H2,1-3H3. The van der Waals surface area contributed by atoms with Crippen LogP contribution in [0.2, 0.25) is 0 Å². The molecule has 0 aliphatic carbocycles. The monoisotopic (exact) mass is 426 g/mol. The van der Waals surface area contributed by atoms with Gasteiger partial charge in [0.1, 0.15) is 11.6 Å². The third-order valence-corrected chi connectivity index (χ3v) is 5.72. The molecule has 30 heavy (non-hydrogen) atoms.